The van der Waals surface area contributed by atoms with E-state index in [0.717, 1.165) is 41.7 Å². The molecule has 31 heavy (non-hydrogen) atoms. The lowest BCUT2D eigenvalue weighted by molar-refractivity contribution is -0.127. The minimum Gasteiger partial charge on any atom is -0.467 e. The molecule has 0 fully saturated rings. The molecule has 0 saturated heterocycles. The molecule has 3 heterocycles. The molecule has 0 saturated carbocycles. The third kappa shape index (κ3) is 4.60. The van der Waals surface area contributed by atoms with Gasteiger partial charge in [-0.15, -0.1) is 11.3 Å². The lowest BCUT2D eigenvalue weighted by atomic mass is 10.1. The third-order valence-corrected chi connectivity index (χ3v) is 8.12. The van der Waals surface area contributed by atoms with Crippen molar-refractivity contribution in [2.45, 2.75) is 70.1 Å². The number of amides is 1. The summed E-state index contributed by atoms with van der Waals surface area (Å²) in [5, 5.41) is 1.45. The van der Waals surface area contributed by atoms with Gasteiger partial charge in [-0.05, 0) is 56.7 Å². The quantitative estimate of drug-likeness (QED) is 0.281. The van der Waals surface area contributed by atoms with Gasteiger partial charge < -0.3 is 9.32 Å². The molecular weight excluding hydrogens is 430 g/mol. The van der Waals surface area contributed by atoms with Crippen LogP contribution >= 0.6 is 23.1 Å². The van der Waals surface area contributed by atoms with Crippen LogP contribution in [0.5, 0.6) is 0 Å². The Labute approximate surface area is 190 Å². The Hall–Kier alpha value is -2.06. The van der Waals surface area contributed by atoms with E-state index >= 15 is 0 Å². The van der Waals surface area contributed by atoms with E-state index in [-0.39, 0.29) is 23.3 Å². The number of carbonyl (C=O) groups is 1. The van der Waals surface area contributed by atoms with Crippen molar-refractivity contribution < 1.29 is 9.21 Å². The first-order valence-electron chi connectivity index (χ1n) is 11.0. The van der Waals surface area contributed by atoms with Crippen LogP contribution in [0.25, 0.3) is 10.2 Å². The van der Waals surface area contributed by atoms with Gasteiger partial charge in [0.25, 0.3) is 5.56 Å². The highest BCUT2D eigenvalue weighted by Gasteiger charge is 2.24. The van der Waals surface area contributed by atoms with Gasteiger partial charge in [-0.3, -0.25) is 14.2 Å². The van der Waals surface area contributed by atoms with Crippen molar-refractivity contribution in [2.24, 2.45) is 0 Å². The molecule has 0 spiro atoms. The SMILES string of the molecule is CCC(C)n1c(SCC(=O)N(C)Cc2ccco2)nc2sc3c(c2c1=O)CCCCC3. The van der Waals surface area contributed by atoms with Crippen molar-refractivity contribution >= 4 is 39.2 Å². The molecule has 0 aromatic carbocycles. The van der Waals surface area contributed by atoms with Gasteiger partial charge in [-0.1, -0.05) is 25.1 Å². The summed E-state index contributed by atoms with van der Waals surface area (Å²) in [5.74, 6) is 0.960. The first-order chi connectivity index (χ1) is 15.0. The van der Waals surface area contributed by atoms with E-state index < -0.39 is 0 Å². The lowest BCUT2D eigenvalue weighted by Gasteiger charge is -2.19. The van der Waals surface area contributed by atoms with E-state index in [1.165, 1.54) is 35.0 Å². The first-order valence-corrected chi connectivity index (χ1v) is 12.8. The Balaban J connectivity index is 1.63. The monoisotopic (exact) mass is 459 g/mol. The highest BCUT2D eigenvalue weighted by atomic mass is 32.2. The van der Waals surface area contributed by atoms with Gasteiger partial charge in [0.15, 0.2) is 5.16 Å². The fourth-order valence-corrected chi connectivity index (χ4v) is 6.35. The molecule has 3 aromatic rings. The van der Waals surface area contributed by atoms with Crippen molar-refractivity contribution in [3.8, 4) is 0 Å². The number of furan rings is 1. The van der Waals surface area contributed by atoms with Crippen molar-refractivity contribution in [3.63, 3.8) is 0 Å². The van der Waals surface area contributed by atoms with Gasteiger partial charge in [0.1, 0.15) is 10.6 Å². The largest absolute Gasteiger partial charge is 0.467 e. The average Bonchev–Trinajstić information content (AvgIpc) is 3.33. The third-order valence-electron chi connectivity index (χ3n) is 5.99. The van der Waals surface area contributed by atoms with Crippen LogP contribution < -0.4 is 5.56 Å². The zero-order valence-electron chi connectivity index (χ0n) is 18.3. The Kier molecular flexibility index (Phi) is 6.86. The maximum Gasteiger partial charge on any atom is 0.263 e. The van der Waals surface area contributed by atoms with E-state index in [2.05, 4.69) is 13.8 Å². The first kappa shape index (κ1) is 22.1. The second-order valence-electron chi connectivity index (χ2n) is 8.19. The van der Waals surface area contributed by atoms with Crippen molar-refractivity contribution in [2.75, 3.05) is 12.8 Å². The molecule has 0 aliphatic heterocycles. The van der Waals surface area contributed by atoms with Crippen LogP contribution in [0, 0.1) is 0 Å². The van der Waals surface area contributed by atoms with Gasteiger partial charge in [0.05, 0.1) is 23.9 Å². The molecule has 8 heteroatoms. The normalized spacial score (nSPS) is 14.9. The molecule has 1 aliphatic rings. The summed E-state index contributed by atoms with van der Waals surface area (Å²) < 4.78 is 7.15. The predicted octanol–water partition coefficient (Wildman–Crippen LogP) is 5.04. The van der Waals surface area contributed by atoms with Gasteiger partial charge in [-0.2, -0.15) is 0 Å². The molecule has 1 amide bonds. The molecule has 3 aromatic heterocycles. The van der Waals surface area contributed by atoms with Crippen LogP contribution in [-0.4, -0.2) is 33.2 Å². The number of nitrogens with zero attached hydrogens (tertiary/aromatic N) is 3. The lowest BCUT2D eigenvalue weighted by Crippen LogP contribution is -2.29. The maximum atomic E-state index is 13.6. The summed E-state index contributed by atoms with van der Waals surface area (Å²) in [7, 11) is 1.76. The molecule has 1 aliphatic carbocycles. The highest BCUT2D eigenvalue weighted by molar-refractivity contribution is 7.99. The molecular formula is C23H29N3O3S2. The summed E-state index contributed by atoms with van der Waals surface area (Å²) >= 11 is 3.02. The minimum absolute atomic E-state index is 0.0200. The van der Waals surface area contributed by atoms with E-state index in [4.69, 9.17) is 9.40 Å². The Morgan fingerprint density at radius 1 is 1.35 bits per heavy atom. The van der Waals surface area contributed by atoms with Gasteiger partial charge in [0.2, 0.25) is 5.91 Å². The summed E-state index contributed by atoms with van der Waals surface area (Å²) in [6.07, 6.45) is 7.98. The fourth-order valence-electron chi connectivity index (χ4n) is 4.01. The van der Waals surface area contributed by atoms with E-state index in [9.17, 15) is 9.59 Å². The van der Waals surface area contributed by atoms with Crippen LogP contribution in [0.1, 0.15) is 61.8 Å². The number of thiophene rings is 1. The highest BCUT2D eigenvalue weighted by Crippen LogP contribution is 2.34. The summed E-state index contributed by atoms with van der Waals surface area (Å²) in [5.41, 5.74) is 1.27. The summed E-state index contributed by atoms with van der Waals surface area (Å²) in [4.78, 5) is 35.0. The van der Waals surface area contributed by atoms with E-state index in [1.54, 1.807) is 29.5 Å². The van der Waals surface area contributed by atoms with E-state index in [1.807, 2.05) is 16.7 Å². The van der Waals surface area contributed by atoms with Crippen molar-refractivity contribution in [1.82, 2.24) is 14.5 Å². The molecule has 166 valence electrons. The molecule has 1 unspecified atom stereocenters. The molecule has 0 N–H and O–H groups in total. The standard InChI is InChI=1S/C23H29N3O3S2/c1-4-15(2)26-22(28)20-17-10-6-5-7-11-18(17)31-21(20)24-23(26)30-14-19(27)25(3)13-16-9-8-12-29-16/h8-9,12,15H,4-7,10-11,13-14H2,1-3H3. The van der Waals surface area contributed by atoms with Gasteiger partial charge in [-0.25, -0.2) is 4.98 Å². The minimum atomic E-state index is -0.0200. The number of hydrogen-bond donors (Lipinski definition) is 0. The van der Waals surface area contributed by atoms with Gasteiger partial charge >= 0.3 is 0 Å². The van der Waals surface area contributed by atoms with Crippen LogP contribution in [0.15, 0.2) is 32.8 Å². The second kappa shape index (κ2) is 9.61. The van der Waals surface area contributed by atoms with Crippen molar-refractivity contribution in [3.05, 3.63) is 45.0 Å². The van der Waals surface area contributed by atoms with Crippen molar-refractivity contribution in [1.29, 1.82) is 0 Å². The number of aryl methyl sites for hydroxylation is 2. The van der Waals surface area contributed by atoms with Crippen LogP contribution in [0.2, 0.25) is 0 Å². The number of aromatic nitrogens is 2. The second-order valence-corrected chi connectivity index (χ2v) is 10.2. The van der Waals surface area contributed by atoms with Crippen LogP contribution in [0.3, 0.4) is 0 Å². The average molecular weight is 460 g/mol. The predicted molar refractivity (Wildman–Crippen MR) is 126 cm³/mol. The van der Waals surface area contributed by atoms with Crippen LogP contribution in [0.4, 0.5) is 0 Å². The molecule has 0 bridgehead atoms. The summed E-state index contributed by atoms with van der Waals surface area (Å²) in [6, 6.07) is 3.70. The topological polar surface area (TPSA) is 68.3 Å². The number of hydrogen-bond acceptors (Lipinski definition) is 6. The molecule has 0 radical (unpaired) electrons. The molecule has 6 nitrogen and oxygen atoms in total. The Morgan fingerprint density at radius 2 is 2.16 bits per heavy atom. The number of rotatable bonds is 7. The van der Waals surface area contributed by atoms with Crippen LogP contribution in [-0.2, 0) is 24.2 Å². The maximum absolute atomic E-state index is 13.6. The number of fused-ring (bicyclic) bond motifs is 3. The zero-order chi connectivity index (χ0) is 22.0. The Bertz CT molecular complexity index is 1120. The van der Waals surface area contributed by atoms with E-state index in [0.29, 0.717) is 11.7 Å². The fraction of sp³-hybridized carbons (Fsp3) is 0.522. The summed E-state index contributed by atoms with van der Waals surface area (Å²) in [6.45, 7) is 4.55. The zero-order valence-corrected chi connectivity index (χ0v) is 20.0. The molecule has 1 atom stereocenters. The van der Waals surface area contributed by atoms with Gasteiger partial charge in [0, 0.05) is 18.0 Å². The number of thioether (sulfide) groups is 1. The molecule has 4 rings (SSSR count). The number of carbonyl (C=O) groups excluding carboxylic acids is 1. The Morgan fingerprint density at radius 3 is 2.90 bits per heavy atom. The smallest absolute Gasteiger partial charge is 0.263 e.